The number of imidazole rings is 1. The first-order valence-electron chi connectivity index (χ1n) is 11.8. The van der Waals surface area contributed by atoms with Crippen LogP contribution >= 0.6 is 0 Å². The van der Waals surface area contributed by atoms with E-state index in [1.165, 1.54) is 5.56 Å². The summed E-state index contributed by atoms with van der Waals surface area (Å²) >= 11 is 0. The Morgan fingerprint density at radius 3 is 2.48 bits per heavy atom. The van der Waals surface area contributed by atoms with E-state index in [1.807, 2.05) is 73.8 Å². The molecule has 0 saturated heterocycles. The van der Waals surface area contributed by atoms with Crippen molar-refractivity contribution in [1.29, 1.82) is 0 Å². The van der Waals surface area contributed by atoms with Crippen LogP contribution in [0.3, 0.4) is 0 Å². The molecule has 0 aliphatic rings. The lowest BCUT2D eigenvalue weighted by atomic mass is 10.00. The monoisotopic (exact) mass is 441 g/mol. The first-order valence-corrected chi connectivity index (χ1v) is 11.8. The van der Waals surface area contributed by atoms with Crippen LogP contribution in [0.1, 0.15) is 45.1 Å². The Labute approximate surface area is 195 Å². The average Bonchev–Trinajstić information content (AvgIpc) is 3.23. The van der Waals surface area contributed by atoms with Crippen LogP contribution in [0, 0.1) is 5.92 Å². The van der Waals surface area contributed by atoms with Gasteiger partial charge in [0.15, 0.2) is 0 Å². The molecule has 0 fully saturated rings. The maximum Gasteiger partial charge on any atom is 0.314 e. The van der Waals surface area contributed by atoms with Crippen LogP contribution in [0.25, 0.3) is 16.9 Å². The third-order valence-electron chi connectivity index (χ3n) is 5.91. The lowest BCUT2D eigenvalue weighted by molar-refractivity contribution is -0.139. The van der Waals surface area contributed by atoms with Gasteiger partial charge in [0.05, 0.1) is 5.92 Å². The van der Waals surface area contributed by atoms with Crippen LogP contribution in [0.15, 0.2) is 79.0 Å². The van der Waals surface area contributed by atoms with Crippen molar-refractivity contribution >= 4 is 17.4 Å². The van der Waals surface area contributed by atoms with E-state index in [0.717, 1.165) is 48.4 Å². The van der Waals surface area contributed by atoms with Crippen LogP contribution in [0.4, 0.5) is 5.82 Å². The predicted octanol–water partition coefficient (Wildman–Crippen LogP) is 6.74. The van der Waals surface area contributed by atoms with Gasteiger partial charge in [-0.3, -0.25) is 9.20 Å². The topological polar surface area (TPSA) is 55.6 Å². The Balaban J connectivity index is 1.55. The number of rotatable bonds is 10. The van der Waals surface area contributed by atoms with Crippen LogP contribution in [0.2, 0.25) is 0 Å². The molecule has 5 nitrogen and oxygen atoms in total. The van der Waals surface area contributed by atoms with Gasteiger partial charge in [0.2, 0.25) is 0 Å². The molecule has 0 aliphatic carbocycles. The summed E-state index contributed by atoms with van der Waals surface area (Å²) in [5.74, 6) is 1.32. The molecule has 0 radical (unpaired) electrons. The molecular weight excluding hydrogens is 410 g/mol. The largest absolute Gasteiger partial charge is 0.426 e. The number of nitrogens with one attached hydrogen (secondary N) is 1. The number of fused-ring (bicyclic) bond motifs is 1. The quantitative estimate of drug-likeness (QED) is 0.219. The molecular formula is C28H31N3O2. The molecule has 0 saturated carbocycles. The van der Waals surface area contributed by atoms with Crippen molar-refractivity contribution in [2.75, 3.05) is 5.32 Å². The minimum Gasteiger partial charge on any atom is -0.426 e. The van der Waals surface area contributed by atoms with Crippen molar-refractivity contribution in [3.8, 4) is 17.0 Å². The fraction of sp³-hybridized carbons (Fsp3) is 0.286. The lowest BCUT2D eigenvalue weighted by Crippen LogP contribution is -2.19. The van der Waals surface area contributed by atoms with Gasteiger partial charge in [-0.25, -0.2) is 4.98 Å². The molecule has 5 heteroatoms. The highest BCUT2D eigenvalue weighted by Crippen LogP contribution is 2.30. The molecule has 0 amide bonds. The molecule has 4 rings (SSSR count). The summed E-state index contributed by atoms with van der Waals surface area (Å²) in [7, 11) is 0. The second-order valence-electron chi connectivity index (χ2n) is 8.27. The Morgan fingerprint density at radius 1 is 1.00 bits per heavy atom. The first kappa shape index (κ1) is 22.6. The molecule has 2 aromatic heterocycles. The van der Waals surface area contributed by atoms with Gasteiger partial charge in [-0.15, -0.1) is 0 Å². The van der Waals surface area contributed by atoms with Crippen LogP contribution in [0.5, 0.6) is 5.75 Å². The number of hydrogen-bond acceptors (Lipinski definition) is 4. The first-order chi connectivity index (χ1) is 16.2. The number of esters is 1. The molecule has 1 unspecified atom stereocenters. The number of carbonyl (C=O) groups is 1. The summed E-state index contributed by atoms with van der Waals surface area (Å²) in [4.78, 5) is 17.4. The maximum absolute atomic E-state index is 12.5. The Bertz CT molecular complexity index is 1180. The summed E-state index contributed by atoms with van der Waals surface area (Å²) in [6.45, 7) is 4.87. The summed E-state index contributed by atoms with van der Waals surface area (Å²) in [6.07, 6.45) is 5.81. The number of unbranched alkanes of at least 4 members (excludes halogenated alkanes) is 1. The summed E-state index contributed by atoms with van der Waals surface area (Å²) in [5.41, 5.74) is 3.90. The predicted molar refractivity (Wildman–Crippen MR) is 133 cm³/mol. The van der Waals surface area contributed by atoms with Gasteiger partial charge in [-0.1, -0.05) is 63.1 Å². The van der Waals surface area contributed by atoms with Crippen molar-refractivity contribution in [3.05, 3.63) is 84.6 Å². The van der Waals surface area contributed by atoms with Crippen molar-refractivity contribution in [2.45, 2.75) is 46.1 Å². The van der Waals surface area contributed by atoms with Crippen molar-refractivity contribution in [2.24, 2.45) is 5.92 Å². The zero-order valence-corrected chi connectivity index (χ0v) is 19.3. The number of benzene rings is 2. The average molecular weight is 442 g/mol. The van der Waals surface area contributed by atoms with Gasteiger partial charge >= 0.3 is 5.97 Å². The highest BCUT2D eigenvalue weighted by Gasteiger charge is 2.19. The van der Waals surface area contributed by atoms with E-state index < -0.39 is 0 Å². The Hall–Kier alpha value is -3.60. The second-order valence-corrected chi connectivity index (χ2v) is 8.27. The summed E-state index contributed by atoms with van der Waals surface area (Å²) in [5, 5.41) is 3.56. The molecule has 33 heavy (non-hydrogen) atoms. The molecule has 1 atom stereocenters. The SMILES string of the molecule is CCCCC(CC)C(=O)Oc1ccc(-c2nc3ccccn3c2NCc2ccccc2)cc1. The number of aromatic nitrogens is 2. The summed E-state index contributed by atoms with van der Waals surface area (Å²) < 4.78 is 7.73. The van der Waals surface area contributed by atoms with Crippen molar-refractivity contribution in [1.82, 2.24) is 9.38 Å². The van der Waals surface area contributed by atoms with Gasteiger partial charge < -0.3 is 10.1 Å². The fourth-order valence-corrected chi connectivity index (χ4v) is 3.97. The lowest BCUT2D eigenvalue weighted by Gasteiger charge is -2.14. The third-order valence-corrected chi connectivity index (χ3v) is 5.91. The van der Waals surface area contributed by atoms with Crippen LogP contribution in [-0.4, -0.2) is 15.4 Å². The molecule has 2 aromatic carbocycles. The number of anilines is 1. The zero-order chi connectivity index (χ0) is 23.0. The van der Waals surface area contributed by atoms with Crippen molar-refractivity contribution < 1.29 is 9.53 Å². The highest BCUT2D eigenvalue weighted by molar-refractivity contribution is 5.78. The molecule has 1 N–H and O–H groups in total. The van der Waals surface area contributed by atoms with E-state index in [1.54, 1.807) is 0 Å². The van der Waals surface area contributed by atoms with Gasteiger partial charge in [0, 0.05) is 18.3 Å². The fourth-order valence-electron chi connectivity index (χ4n) is 3.97. The number of hydrogen-bond donors (Lipinski definition) is 1. The molecule has 2 heterocycles. The highest BCUT2D eigenvalue weighted by atomic mass is 16.5. The standard InChI is InChI=1S/C28H31N3O2/c1-3-5-13-22(4-2)28(32)33-24-17-15-23(16-18-24)26-27(29-20-21-11-7-6-8-12-21)31-19-10-9-14-25(31)30-26/h6-12,14-19,22,29H,3-5,13,20H2,1-2H3. The molecule has 4 aromatic rings. The van der Waals surface area contributed by atoms with Gasteiger partial charge in [-0.05, 0) is 54.8 Å². The van der Waals surface area contributed by atoms with E-state index in [0.29, 0.717) is 12.3 Å². The van der Waals surface area contributed by atoms with E-state index in [4.69, 9.17) is 9.72 Å². The summed E-state index contributed by atoms with van der Waals surface area (Å²) in [6, 6.07) is 23.9. The van der Waals surface area contributed by atoms with Gasteiger partial charge in [0.25, 0.3) is 0 Å². The molecule has 0 aliphatic heterocycles. The number of ether oxygens (including phenoxy) is 1. The van der Waals surface area contributed by atoms with E-state index >= 15 is 0 Å². The van der Waals surface area contributed by atoms with E-state index in [9.17, 15) is 4.79 Å². The minimum atomic E-state index is -0.142. The van der Waals surface area contributed by atoms with Gasteiger partial charge in [-0.2, -0.15) is 0 Å². The van der Waals surface area contributed by atoms with Crippen LogP contribution < -0.4 is 10.1 Å². The zero-order valence-electron chi connectivity index (χ0n) is 19.3. The molecule has 0 bridgehead atoms. The van der Waals surface area contributed by atoms with Gasteiger partial charge in [0.1, 0.15) is 22.9 Å². The number of carbonyl (C=O) groups excluding carboxylic acids is 1. The maximum atomic E-state index is 12.5. The molecule has 170 valence electrons. The smallest absolute Gasteiger partial charge is 0.314 e. The van der Waals surface area contributed by atoms with E-state index in [2.05, 4.69) is 28.8 Å². The Kier molecular flexibility index (Phi) is 7.40. The third kappa shape index (κ3) is 5.43. The minimum absolute atomic E-state index is 0.0446. The van der Waals surface area contributed by atoms with Crippen molar-refractivity contribution in [3.63, 3.8) is 0 Å². The molecule has 0 spiro atoms. The normalized spacial score (nSPS) is 11.9. The van der Waals surface area contributed by atoms with E-state index in [-0.39, 0.29) is 11.9 Å². The number of pyridine rings is 1. The van der Waals surface area contributed by atoms with Crippen LogP contribution in [-0.2, 0) is 11.3 Å². The Morgan fingerprint density at radius 2 is 1.76 bits per heavy atom. The number of nitrogens with zero attached hydrogens (tertiary/aromatic N) is 2. The second kappa shape index (κ2) is 10.8.